The highest BCUT2D eigenvalue weighted by Gasteiger charge is 2.09. The summed E-state index contributed by atoms with van der Waals surface area (Å²) in [7, 11) is 0. The SMILES string of the molecule is NC(=O)Cn1c(=O)[nH]c2ccc(Cl)cc2c1=O. The van der Waals surface area contributed by atoms with Crippen molar-refractivity contribution in [1.29, 1.82) is 0 Å². The molecule has 7 heteroatoms. The van der Waals surface area contributed by atoms with E-state index in [9.17, 15) is 14.4 Å². The molecule has 2 aromatic rings. The molecule has 0 saturated heterocycles. The molecule has 0 unspecified atom stereocenters. The van der Waals surface area contributed by atoms with Crippen molar-refractivity contribution in [3.63, 3.8) is 0 Å². The molecule has 6 nitrogen and oxygen atoms in total. The fourth-order valence-corrected chi connectivity index (χ4v) is 1.69. The highest BCUT2D eigenvalue weighted by Crippen LogP contribution is 2.13. The van der Waals surface area contributed by atoms with Crippen LogP contribution in [-0.4, -0.2) is 15.5 Å². The number of benzene rings is 1. The molecule has 3 N–H and O–H groups in total. The lowest BCUT2D eigenvalue weighted by molar-refractivity contribution is -0.118. The van der Waals surface area contributed by atoms with Crippen molar-refractivity contribution >= 4 is 28.4 Å². The zero-order valence-electron chi connectivity index (χ0n) is 8.57. The smallest absolute Gasteiger partial charge is 0.329 e. The Kier molecular flexibility index (Phi) is 2.72. The molecule has 0 aliphatic heterocycles. The molecule has 88 valence electrons. The van der Waals surface area contributed by atoms with E-state index in [1.165, 1.54) is 12.1 Å². The van der Waals surface area contributed by atoms with Crippen LogP contribution in [0.2, 0.25) is 5.02 Å². The summed E-state index contributed by atoms with van der Waals surface area (Å²) in [5.74, 6) is -0.765. The van der Waals surface area contributed by atoms with Crippen LogP contribution < -0.4 is 17.0 Å². The number of aromatic nitrogens is 2. The number of nitrogens with zero attached hydrogens (tertiary/aromatic N) is 1. The third-order valence-electron chi connectivity index (χ3n) is 2.26. The molecule has 1 aromatic heterocycles. The van der Waals surface area contributed by atoms with E-state index in [2.05, 4.69) is 4.98 Å². The number of H-pyrrole nitrogens is 1. The maximum absolute atomic E-state index is 11.9. The van der Waals surface area contributed by atoms with Gasteiger partial charge in [-0.2, -0.15) is 0 Å². The lowest BCUT2D eigenvalue weighted by atomic mass is 10.2. The van der Waals surface area contributed by atoms with Gasteiger partial charge in [-0.1, -0.05) is 11.6 Å². The molecular formula is C10H8ClN3O3. The Hall–Kier alpha value is -2.08. The summed E-state index contributed by atoms with van der Waals surface area (Å²) in [6.07, 6.45) is 0. The average molecular weight is 254 g/mol. The van der Waals surface area contributed by atoms with Gasteiger partial charge in [0, 0.05) is 5.02 Å². The third kappa shape index (κ3) is 2.07. The van der Waals surface area contributed by atoms with Gasteiger partial charge in [-0.15, -0.1) is 0 Å². The third-order valence-corrected chi connectivity index (χ3v) is 2.49. The van der Waals surface area contributed by atoms with E-state index in [4.69, 9.17) is 17.3 Å². The molecule has 0 fully saturated rings. The van der Waals surface area contributed by atoms with Crippen molar-refractivity contribution in [2.45, 2.75) is 6.54 Å². The van der Waals surface area contributed by atoms with Crippen molar-refractivity contribution < 1.29 is 4.79 Å². The Morgan fingerprint density at radius 1 is 1.41 bits per heavy atom. The minimum absolute atomic E-state index is 0.235. The van der Waals surface area contributed by atoms with E-state index in [-0.39, 0.29) is 5.39 Å². The zero-order chi connectivity index (χ0) is 12.6. The fourth-order valence-electron chi connectivity index (χ4n) is 1.52. The molecule has 0 aliphatic rings. The van der Waals surface area contributed by atoms with Crippen LogP contribution in [0.25, 0.3) is 10.9 Å². The van der Waals surface area contributed by atoms with Crippen LogP contribution in [0.1, 0.15) is 0 Å². The Bertz CT molecular complexity index is 717. The van der Waals surface area contributed by atoms with Crippen molar-refractivity contribution in [2.75, 3.05) is 0 Å². The number of nitrogens with two attached hydrogens (primary N) is 1. The molecule has 1 aromatic carbocycles. The van der Waals surface area contributed by atoms with E-state index in [1.807, 2.05) is 0 Å². The second kappa shape index (κ2) is 4.06. The quantitative estimate of drug-likeness (QED) is 0.777. The Balaban J connectivity index is 2.83. The Morgan fingerprint density at radius 3 is 2.76 bits per heavy atom. The summed E-state index contributed by atoms with van der Waals surface area (Å²) >= 11 is 5.76. The minimum atomic E-state index is -0.765. The van der Waals surface area contributed by atoms with Crippen molar-refractivity contribution in [2.24, 2.45) is 5.73 Å². The number of fused-ring (bicyclic) bond motifs is 1. The standard InChI is InChI=1S/C10H8ClN3O3/c11-5-1-2-7-6(3-5)9(16)14(4-8(12)15)10(17)13-7/h1-3H,4H2,(H2,12,15)(H,13,17). The summed E-state index contributed by atoms with van der Waals surface area (Å²) in [4.78, 5) is 36.7. The highest BCUT2D eigenvalue weighted by atomic mass is 35.5. The first-order chi connectivity index (χ1) is 7.99. The van der Waals surface area contributed by atoms with Crippen molar-refractivity contribution in [3.05, 3.63) is 44.1 Å². The van der Waals surface area contributed by atoms with Gasteiger partial charge in [-0.05, 0) is 18.2 Å². The number of carbonyl (C=O) groups excluding carboxylic acids is 1. The Labute approximate surface area is 99.6 Å². The number of amides is 1. The van der Waals surface area contributed by atoms with Crippen LogP contribution in [0.4, 0.5) is 0 Å². The molecule has 0 aliphatic carbocycles. The molecular weight excluding hydrogens is 246 g/mol. The summed E-state index contributed by atoms with van der Waals surface area (Å²) in [6.45, 7) is -0.462. The van der Waals surface area contributed by atoms with Crippen molar-refractivity contribution in [3.8, 4) is 0 Å². The number of nitrogens with one attached hydrogen (secondary N) is 1. The number of hydrogen-bond acceptors (Lipinski definition) is 3. The van der Waals surface area contributed by atoms with Crippen LogP contribution >= 0.6 is 11.6 Å². The van der Waals surface area contributed by atoms with Gasteiger partial charge in [0.25, 0.3) is 5.56 Å². The minimum Gasteiger partial charge on any atom is -0.368 e. The maximum atomic E-state index is 11.9. The molecule has 0 saturated carbocycles. The van der Waals surface area contributed by atoms with E-state index in [1.54, 1.807) is 6.07 Å². The number of rotatable bonds is 2. The van der Waals surface area contributed by atoms with Gasteiger partial charge in [0.05, 0.1) is 10.9 Å². The van der Waals surface area contributed by atoms with Gasteiger partial charge in [-0.3, -0.25) is 14.2 Å². The number of carbonyl (C=O) groups is 1. The van der Waals surface area contributed by atoms with Crippen LogP contribution in [-0.2, 0) is 11.3 Å². The number of halogens is 1. The van der Waals surface area contributed by atoms with Crippen LogP contribution in [0.5, 0.6) is 0 Å². The summed E-state index contributed by atoms with van der Waals surface area (Å²) in [6, 6.07) is 4.50. The second-order valence-electron chi connectivity index (χ2n) is 3.48. The average Bonchev–Trinajstić information content (AvgIpc) is 2.25. The molecule has 0 bridgehead atoms. The van der Waals surface area contributed by atoms with Gasteiger partial charge in [0.15, 0.2) is 0 Å². The summed E-state index contributed by atoms with van der Waals surface area (Å²) in [5.41, 5.74) is 4.05. The number of aromatic amines is 1. The number of primary amides is 1. The summed E-state index contributed by atoms with van der Waals surface area (Å²) in [5, 5.41) is 0.602. The lowest BCUT2D eigenvalue weighted by Crippen LogP contribution is -2.38. The molecule has 1 heterocycles. The first-order valence-electron chi connectivity index (χ1n) is 4.70. The highest BCUT2D eigenvalue weighted by molar-refractivity contribution is 6.31. The summed E-state index contributed by atoms with van der Waals surface area (Å²) < 4.78 is 0.737. The molecule has 0 radical (unpaired) electrons. The van der Waals surface area contributed by atoms with E-state index < -0.39 is 23.7 Å². The first-order valence-corrected chi connectivity index (χ1v) is 5.07. The van der Waals surface area contributed by atoms with Gasteiger partial charge in [0.2, 0.25) is 5.91 Å². The first kappa shape index (κ1) is 11.4. The molecule has 0 atom stereocenters. The number of hydrogen-bond donors (Lipinski definition) is 2. The van der Waals surface area contributed by atoms with Crippen LogP contribution in [0.3, 0.4) is 0 Å². The maximum Gasteiger partial charge on any atom is 0.329 e. The monoisotopic (exact) mass is 253 g/mol. The van der Waals surface area contributed by atoms with E-state index >= 15 is 0 Å². The van der Waals surface area contributed by atoms with E-state index in [0.717, 1.165) is 4.57 Å². The van der Waals surface area contributed by atoms with Crippen LogP contribution in [0, 0.1) is 0 Å². The molecule has 2 rings (SSSR count). The predicted octanol–water partition coefficient (Wildman–Crippen LogP) is -0.171. The fraction of sp³-hybridized carbons (Fsp3) is 0.100. The van der Waals surface area contributed by atoms with Gasteiger partial charge in [0.1, 0.15) is 6.54 Å². The largest absolute Gasteiger partial charge is 0.368 e. The van der Waals surface area contributed by atoms with Gasteiger partial charge in [-0.25, -0.2) is 4.79 Å². The topological polar surface area (TPSA) is 97.9 Å². The second-order valence-corrected chi connectivity index (χ2v) is 3.91. The van der Waals surface area contributed by atoms with E-state index in [0.29, 0.717) is 10.5 Å². The van der Waals surface area contributed by atoms with Gasteiger partial charge >= 0.3 is 5.69 Å². The lowest BCUT2D eigenvalue weighted by Gasteiger charge is -2.04. The molecule has 17 heavy (non-hydrogen) atoms. The van der Waals surface area contributed by atoms with Crippen LogP contribution in [0.15, 0.2) is 27.8 Å². The molecule has 0 spiro atoms. The van der Waals surface area contributed by atoms with Gasteiger partial charge < -0.3 is 10.7 Å². The zero-order valence-corrected chi connectivity index (χ0v) is 9.32. The molecule has 1 amide bonds. The predicted molar refractivity (Wildman–Crippen MR) is 63.0 cm³/mol. The normalized spacial score (nSPS) is 10.6. The van der Waals surface area contributed by atoms with Crippen molar-refractivity contribution in [1.82, 2.24) is 9.55 Å². The Morgan fingerprint density at radius 2 is 2.12 bits per heavy atom.